The Morgan fingerprint density at radius 2 is 2.20 bits per heavy atom. The molecule has 0 saturated carbocycles. The van der Waals surface area contributed by atoms with Crippen molar-refractivity contribution in [2.24, 2.45) is 5.73 Å². The summed E-state index contributed by atoms with van der Waals surface area (Å²) >= 11 is 4.52. The minimum atomic E-state index is -3.70. The second kappa shape index (κ2) is 5.65. The number of sulfonamides is 1. The van der Waals surface area contributed by atoms with E-state index in [0.717, 1.165) is 4.88 Å². The molecule has 114 valence electrons. The van der Waals surface area contributed by atoms with Gasteiger partial charge in [-0.25, -0.2) is 16.8 Å². The van der Waals surface area contributed by atoms with Crippen molar-refractivity contribution in [1.29, 1.82) is 0 Å². The Balaban J connectivity index is 2.38. The van der Waals surface area contributed by atoms with Gasteiger partial charge in [-0.2, -0.15) is 4.31 Å². The van der Waals surface area contributed by atoms with E-state index >= 15 is 0 Å². The quantitative estimate of drug-likeness (QED) is 0.804. The molecule has 2 N–H and O–H groups in total. The zero-order valence-electron chi connectivity index (χ0n) is 10.7. The van der Waals surface area contributed by atoms with E-state index in [0.29, 0.717) is 3.79 Å². The summed E-state index contributed by atoms with van der Waals surface area (Å²) in [5.74, 6) is -0.278. The SMILES string of the molecule is CC1CS(=O)(=O)CCN1S(=O)(=O)c1cc(CN)sc1Br. The van der Waals surface area contributed by atoms with E-state index in [-0.39, 0.29) is 29.5 Å². The second-order valence-corrected chi connectivity index (χ2v) is 11.2. The third-order valence-corrected chi connectivity index (χ3v) is 9.19. The van der Waals surface area contributed by atoms with Crippen molar-refractivity contribution in [2.45, 2.75) is 24.4 Å². The first-order valence-electron chi connectivity index (χ1n) is 5.88. The lowest BCUT2D eigenvalue weighted by Gasteiger charge is -2.31. The van der Waals surface area contributed by atoms with Crippen molar-refractivity contribution in [1.82, 2.24) is 4.31 Å². The van der Waals surface area contributed by atoms with Crippen LogP contribution in [0.25, 0.3) is 0 Å². The van der Waals surface area contributed by atoms with E-state index in [2.05, 4.69) is 15.9 Å². The highest BCUT2D eigenvalue weighted by Crippen LogP contribution is 2.34. The van der Waals surface area contributed by atoms with Gasteiger partial charge in [0.1, 0.15) is 4.90 Å². The number of rotatable bonds is 3. The van der Waals surface area contributed by atoms with Gasteiger partial charge in [-0.1, -0.05) is 0 Å². The Morgan fingerprint density at radius 1 is 1.55 bits per heavy atom. The summed E-state index contributed by atoms with van der Waals surface area (Å²) < 4.78 is 50.1. The molecule has 1 atom stereocenters. The lowest BCUT2D eigenvalue weighted by Crippen LogP contribution is -2.49. The number of hydrogen-bond donors (Lipinski definition) is 1. The average molecular weight is 403 g/mol. The molecule has 0 bridgehead atoms. The molecule has 2 rings (SSSR count). The molecule has 1 aliphatic heterocycles. The fourth-order valence-corrected chi connectivity index (χ4v) is 8.05. The monoisotopic (exact) mass is 402 g/mol. The lowest BCUT2D eigenvalue weighted by molar-refractivity contribution is 0.357. The summed E-state index contributed by atoms with van der Waals surface area (Å²) in [7, 11) is -6.86. The molecule has 1 aromatic rings. The molecule has 1 aromatic heterocycles. The van der Waals surface area contributed by atoms with Gasteiger partial charge in [0, 0.05) is 24.0 Å². The van der Waals surface area contributed by atoms with E-state index < -0.39 is 25.9 Å². The van der Waals surface area contributed by atoms with Crippen LogP contribution in [-0.4, -0.2) is 45.2 Å². The molecular weight excluding hydrogens is 388 g/mol. The summed E-state index contributed by atoms with van der Waals surface area (Å²) in [6.07, 6.45) is 0. The van der Waals surface area contributed by atoms with Gasteiger partial charge in [0.05, 0.1) is 15.3 Å². The Hall–Kier alpha value is -0.000000000000000222. The van der Waals surface area contributed by atoms with E-state index in [1.165, 1.54) is 15.6 Å². The Kier molecular flexibility index (Phi) is 4.63. The van der Waals surface area contributed by atoms with E-state index in [4.69, 9.17) is 5.73 Å². The minimum absolute atomic E-state index is 0.00786. The summed E-state index contributed by atoms with van der Waals surface area (Å²) in [6.45, 7) is 1.87. The number of sulfone groups is 1. The lowest BCUT2D eigenvalue weighted by atomic mass is 10.4. The summed E-state index contributed by atoms with van der Waals surface area (Å²) in [6, 6.07) is 0.978. The van der Waals surface area contributed by atoms with E-state index in [1.54, 1.807) is 13.0 Å². The average Bonchev–Trinajstić information content (AvgIpc) is 2.69. The molecule has 0 amide bonds. The first kappa shape index (κ1) is 16.4. The Bertz CT molecular complexity index is 711. The van der Waals surface area contributed by atoms with Crippen LogP contribution in [0.5, 0.6) is 0 Å². The first-order chi connectivity index (χ1) is 9.17. The molecule has 0 aliphatic carbocycles. The topological polar surface area (TPSA) is 97.5 Å². The van der Waals surface area contributed by atoms with Crippen LogP contribution in [0.15, 0.2) is 14.7 Å². The molecule has 1 fully saturated rings. The fourth-order valence-electron chi connectivity index (χ4n) is 2.14. The van der Waals surface area contributed by atoms with E-state index in [1.807, 2.05) is 0 Å². The normalized spacial score (nSPS) is 23.9. The molecule has 0 spiro atoms. The summed E-state index contributed by atoms with van der Waals surface area (Å²) in [5, 5.41) is 0. The number of hydrogen-bond acceptors (Lipinski definition) is 6. The highest BCUT2D eigenvalue weighted by molar-refractivity contribution is 9.11. The van der Waals surface area contributed by atoms with Gasteiger partial charge in [0.25, 0.3) is 0 Å². The second-order valence-electron chi connectivity index (χ2n) is 4.63. The molecule has 6 nitrogen and oxygen atoms in total. The van der Waals surface area contributed by atoms with Gasteiger partial charge < -0.3 is 5.73 Å². The van der Waals surface area contributed by atoms with Crippen molar-refractivity contribution in [3.05, 3.63) is 14.7 Å². The highest BCUT2D eigenvalue weighted by atomic mass is 79.9. The van der Waals surface area contributed by atoms with Gasteiger partial charge in [-0.15, -0.1) is 11.3 Å². The molecule has 1 unspecified atom stereocenters. The Morgan fingerprint density at radius 3 is 2.70 bits per heavy atom. The molecule has 2 heterocycles. The number of nitrogens with zero attached hydrogens (tertiary/aromatic N) is 1. The minimum Gasteiger partial charge on any atom is -0.326 e. The van der Waals surface area contributed by atoms with Crippen molar-refractivity contribution in [3.8, 4) is 0 Å². The molecule has 0 aromatic carbocycles. The van der Waals surface area contributed by atoms with Crippen molar-refractivity contribution >= 4 is 47.1 Å². The predicted molar refractivity (Wildman–Crippen MR) is 81.9 cm³/mol. The van der Waals surface area contributed by atoms with Crippen LogP contribution >= 0.6 is 27.3 Å². The fraction of sp³-hybridized carbons (Fsp3) is 0.600. The Labute approximate surface area is 131 Å². The van der Waals surface area contributed by atoms with Gasteiger partial charge in [-0.05, 0) is 28.9 Å². The maximum atomic E-state index is 12.6. The third kappa shape index (κ3) is 3.09. The van der Waals surface area contributed by atoms with Crippen LogP contribution in [0, 0.1) is 0 Å². The van der Waals surface area contributed by atoms with Crippen LogP contribution in [0.2, 0.25) is 0 Å². The number of halogens is 1. The van der Waals surface area contributed by atoms with Gasteiger partial charge >= 0.3 is 0 Å². The zero-order valence-corrected chi connectivity index (χ0v) is 14.8. The largest absolute Gasteiger partial charge is 0.326 e. The van der Waals surface area contributed by atoms with Gasteiger partial charge in [0.15, 0.2) is 9.84 Å². The highest BCUT2D eigenvalue weighted by Gasteiger charge is 2.37. The number of nitrogens with two attached hydrogens (primary N) is 1. The molecule has 20 heavy (non-hydrogen) atoms. The maximum Gasteiger partial charge on any atom is 0.245 e. The first-order valence-corrected chi connectivity index (χ1v) is 10.7. The molecule has 10 heteroatoms. The molecule has 0 radical (unpaired) electrons. The molecule has 1 aliphatic rings. The predicted octanol–water partition coefficient (Wildman–Crippen LogP) is 0.777. The van der Waals surface area contributed by atoms with Crippen molar-refractivity contribution < 1.29 is 16.8 Å². The summed E-state index contributed by atoms with van der Waals surface area (Å²) in [5.41, 5.74) is 5.52. The molecular formula is C10H15BrN2O4S3. The van der Waals surface area contributed by atoms with Crippen LogP contribution in [0.3, 0.4) is 0 Å². The number of thiophene rings is 1. The van der Waals surface area contributed by atoms with Gasteiger partial charge in [0.2, 0.25) is 10.0 Å². The van der Waals surface area contributed by atoms with Crippen LogP contribution in [0.4, 0.5) is 0 Å². The zero-order chi connectivity index (χ0) is 15.1. The molecule has 1 saturated heterocycles. The maximum absolute atomic E-state index is 12.6. The van der Waals surface area contributed by atoms with E-state index in [9.17, 15) is 16.8 Å². The van der Waals surface area contributed by atoms with Crippen LogP contribution in [0.1, 0.15) is 11.8 Å². The van der Waals surface area contributed by atoms with Crippen LogP contribution in [-0.2, 0) is 26.4 Å². The third-order valence-electron chi connectivity index (χ3n) is 3.10. The van der Waals surface area contributed by atoms with Crippen molar-refractivity contribution in [3.63, 3.8) is 0 Å². The van der Waals surface area contributed by atoms with Crippen LogP contribution < -0.4 is 5.73 Å². The summed E-state index contributed by atoms with van der Waals surface area (Å²) in [4.78, 5) is 0.918. The smallest absolute Gasteiger partial charge is 0.245 e. The van der Waals surface area contributed by atoms with Gasteiger partial charge in [-0.3, -0.25) is 0 Å². The standard InChI is InChI=1S/C10H15BrN2O4S3/c1-7-6-19(14,15)3-2-13(7)20(16,17)9-4-8(5-12)18-10(9)11/h4,7H,2-3,5-6,12H2,1H3. The van der Waals surface area contributed by atoms with Crippen molar-refractivity contribution in [2.75, 3.05) is 18.1 Å².